The van der Waals surface area contributed by atoms with Gasteiger partial charge in [-0.2, -0.15) is 0 Å². The van der Waals surface area contributed by atoms with Crippen LogP contribution in [-0.4, -0.2) is 24.9 Å². The monoisotopic (exact) mass is 164 g/mol. The zero-order valence-corrected chi connectivity index (χ0v) is 6.93. The lowest BCUT2D eigenvalue weighted by Gasteiger charge is -2.13. The van der Waals surface area contributed by atoms with Crippen LogP contribution in [0.15, 0.2) is 0 Å². The molecule has 60 valence electrons. The van der Waals surface area contributed by atoms with Crippen LogP contribution in [0.25, 0.3) is 0 Å². The molecule has 0 N–H and O–H groups in total. The highest BCUT2D eigenvalue weighted by Gasteiger charge is 2.23. The van der Waals surface area contributed by atoms with Gasteiger partial charge in [-0.1, -0.05) is 13.3 Å². The minimum Gasteiger partial charge on any atom is -0.349 e. The summed E-state index contributed by atoms with van der Waals surface area (Å²) >= 11 is 5.94. The van der Waals surface area contributed by atoms with Gasteiger partial charge in [0.25, 0.3) is 0 Å². The van der Waals surface area contributed by atoms with Crippen molar-refractivity contribution in [3.05, 3.63) is 0 Å². The molecule has 0 bridgehead atoms. The van der Waals surface area contributed by atoms with E-state index in [1.54, 1.807) is 0 Å². The number of ether oxygens (including phenoxy) is 2. The molecule has 0 aliphatic carbocycles. The van der Waals surface area contributed by atoms with Crippen molar-refractivity contribution in [2.45, 2.75) is 31.4 Å². The molecule has 0 amide bonds. The molecule has 1 fully saturated rings. The minimum absolute atomic E-state index is 0.0347. The summed E-state index contributed by atoms with van der Waals surface area (Å²) in [6, 6.07) is 0. The first-order valence-corrected chi connectivity index (χ1v) is 4.15. The van der Waals surface area contributed by atoms with E-state index in [9.17, 15) is 0 Å². The number of halogens is 1. The summed E-state index contributed by atoms with van der Waals surface area (Å²) in [5, 5.41) is 0.0347. The molecule has 0 aromatic carbocycles. The molecule has 0 spiro atoms. The quantitative estimate of drug-likeness (QED) is 0.592. The average Bonchev–Trinajstić information content (AvgIpc) is 2.38. The predicted octanol–water partition coefficient (Wildman–Crippen LogP) is 1.77. The van der Waals surface area contributed by atoms with E-state index < -0.39 is 0 Å². The Hall–Kier alpha value is 0.210. The van der Waals surface area contributed by atoms with Crippen molar-refractivity contribution >= 4 is 11.6 Å². The molecule has 1 rings (SSSR count). The van der Waals surface area contributed by atoms with Gasteiger partial charge in [-0.15, -0.1) is 11.6 Å². The fourth-order valence-electron chi connectivity index (χ4n) is 0.997. The molecule has 0 aromatic rings. The maximum atomic E-state index is 5.94. The van der Waals surface area contributed by atoms with Gasteiger partial charge >= 0.3 is 0 Å². The van der Waals surface area contributed by atoms with Crippen LogP contribution in [0.3, 0.4) is 0 Å². The van der Waals surface area contributed by atoms with Crippen molar-refractivity contribution < 1.29 is 9.47 Å². The van der Waals surface area contributed by atoms with Crippen LogP contribution in [0.4, 0.5) is 0 Å². The Morgan fingerprint density at radius 3 is 2.60 bits per heavy atom. The van der Waals surface area contributed by atoms with E-state index in [-0.39, 0.29) is 11.7 Å². The number of hydrogen-bond donors (Lipinski definition) is 0. The molecule has 1 aliphatic heterocycles. The van der Waals surface area contributed by atoms with Crippen LogP contribution in [-0.2, 0) is 9.47 Å². The molecule has 0 radical (unpaired) electrons. The molecule has 1 aliphatic rings. The average molecular weight is 165 g/mol. The molecule has 0 saturated carbocycles. The fraction of sp³-hybridized carbons (Fsp3) is 1.00. The number of hydrogen-bond acceptors (Lipinski definition) is 2. The summed E-state index contributed by atoms with van der Waals surface area (Å²) in [6.45, 7) is 3.49. The number of alkyl halides is 1. The van der Waals surface area contributed by atoms with Crippen molar-refractivity contribution in [1.82, 2.24) is 0 Å². The largest absolute Gasteiger partial charge is 0.349 e. The van der Waals surface area contributed by atoms with Crippen LogP contribution in [0.1, 0.15) is 19.8 Å². The first-order chi connectivity index (χ1) is 4.84. The van der Waals surface area contributed by atoms with E-state index in [1.165, 1.54) is 0 Å². The Balaban J connectivity index is 2.18. The van der Waals surface area contributed by atoms with Gasteiger partial charge in [0.15, 0.2) is 6.29 Å². The summed E-state index contributed by atoms with van der Waals surface area (Å²) in [5.74, 6) is 0. The van der Waals surface area contributed by atoms with Crippen molar-refractivity contribution in [1.29, 1.82) is 0 Å². The van der Waals surface area contributed by atoms with Gasteiger partial charge in [0.1, 0.15) is 0 Å². The van der Waals surface area contributed by atoms with Gasteiger partial charge in [0, 0.05) is 0 Å². The first kappa shape index (κ1) is 8.31. The molecule has 10 heavy (non-hydrogen) atoms. The van der Waals surface area contributed by atoms with Crippen LogP contribution >= 0.6 is 11.6 Å². The summed E-state index contributed by atoms with van der Waals surface area (Å²) in [6.07, 6.45) is 1.89. The maximum Gasteiger partial charge on any atom is 0.173 e. The van der Waals surface area contributed by atoms with Crippen molar-refractivity contribution in [2.24, 2.45) is 0 Å². The van der Waals surface area contributed by atoms with E-state index >= 15 is 0 Å². The summed E-state index contributed by atoms with van der Waals surface area (Å²) in [7, 11) is 0. The second kappa shape index (κ2) is 4.16. The minimum atomic E-state index is -0.151. The normalized spacial score (nSPS) is 23.4. The molecular formula is C7H13ClO2. The summed E-state index contributed by atoms with van der Waals surface area (Å²) in [5.41, 5.74) is 0. The molecule has 1 atom stereocenters. The van der Waals surface area contributed by atoms with Crippen LogP contribution in [0, 0.1) is 0 Å². The summed E-state index contributed by atoms with van der Waals surface area (Å²) < 4.78 is 10.4. The Morgan fingerprint density at radius 2 is 2.10 bits per heavy atom. The van der Waals surface area contributed by atoms with Crippen LogP contribution in [0.5, 0.6) is 0 Å². The van der Waals surface area contributed by atoms with E-state index in [2.05, 4.69) is 6.92 Å². The Morgan fingerprint density at radius 1 is 1.50 bits per heavy atom. The Kier molecular flexibility index (Phi) is 3.46. The standard InChI is InChI=1S/C7H13ClO2/c1-2-3-6(8)7-9-4-5-10-7/h6-7H,2-5H2,1H3. The topological polar surface area (TPSA) is 18.5 Å². The maximum absolute atomic E-state index is 5.94. The zero-order valence-electron chi connectivity index (χ0n) is 6.18. The molecular weight excluding hydrogens is 152 g/mol. The second-order valence-corrected chi connectivity index (χ2v) is 2.98. The van der Waals surface area contributed by atoms with Gasteiger partial charge in [-0.05, 0) is 6.42 Å². The van der Waals surface area contributed by atoms with Crippen LogP contribution < -0.4 is 0 Å². The van der Waals surface area contributed by atoms with Gasteiger partial charge in [0.05, 0.1) is 18.6 Å². The summed E-state index contributed by atoms with van der Waals surface area (Å²) in [4.78, 5) is 0. The van der Waals surface area contributed by atoms with Crippen molar-refractivity contribution in [3.63, 3.8) is 0 Å². The SMILES string of the molecule is CCCC(Cl)C1OCCO1. The lowest BCUT2D eigenvalue weighted by molar-refractivity contribution is -0.0445. The highest BCUT2D eigenvalue weighted by molar-refractivity contribution is 6.20. The smallest absolute Gasteiger partial charge is 0.173 e. The van der Waals surface area contributed by atoms with E-state index in [1.807, 2.05) is 0 Å². The number of rotatable bonds is 3. The lowest BCUT2D eigenvalue weighted by atomic mass is 10.2. The molecule has 1 heterocycles. The molecule has 1 unspecified atom stereocenters. The fourth-order valence-corrected chi connectivity index (χ4v) is 1.36. The van der Waals surface area contributed by atoms with Crippen LogP contribution in [0.2, 0.25) is 0 Å². The highest BCUT2D eigenvalue weighted by Crippen LogP contribution is 2.17. The van der Waals surface area contributed by atoms with Gasteiger partial charge in [-0.25, -0.2) is 0 Å². The Labute approximate surface area is 66.5 Å². The van der Waals surface area contributed by atoms with E-state index in [0.29, 0.717) is 13.2 Å². The third-order valence-electron chi connectivity index (χ3n) is 1.51. The molecule has 2 nitrogen and oxygen atoms in total. The first-order valence-electron chi connectivity index (χ1n) is 3.72. The molecule has 1 saturated heterocycles. The predicted molar refractivity (Wildman–Crippen MR) is 40.2 cm³/mol. The zero-order chi connectivity index (χ0) is 7.40. The van der Waals surface area contributed by atoms with Gasteiger partial charge < -0.3 is 9.47 Å². The third kappa shape index (κ3) is 2.11. The van der Waals surface area contributed by atoms with Gasteiger partial charge in [-0.3, -0.25) is 0 Å². The van der Waals surface area contributed by atoms with Crippen molar-refractivity contribution in [2.75, 3.05) is 13.2 Å². The van der Waals surface area contributed by atoms with Crippen molar-refractivity contribution in [3.8, 4) is 0 Å². The van der Waals surface area contributed by atoms with Gasteiger partial charge in [0.2, 0.25) is 0 Å². The molecule has 0 aromatic heterocycles. The highest BCUT2D eigenvalue weighted by atomic mass is 35.5. The molecule has 3 heteroatoms. The lowest BCUT2D eigenvalue weighted by Crippen LogP contribution is -2.21. The van der Waals surface area contributed by atoms with E-state index in [0.717, 1.165) is 12.8 Å². The Bertz CT molecular complexity index is 91.6. The third-order valence-corrected chi connectivity index (χ3v) is 1.93. The van der Waals surface area contributed by atoms with E-state index in [4.69, 9.17) is 21.1 Å². The second-order valence-electron chi connectivity index (χ2n) is 2.41.